The first-order valence-electron chi connectivity index (χ1n) is 8.80. The molecule has 2 heteroatoms. The van der Waals surface area contributed by atoms with Crippen LogP contribution in [0.1, 0.15) is 71.6 Å². The third kappa shape index (κ3) is 4.75. The van der Waals surface area contributed by atoms with Gasteiger partial charge < -0.3 is 10.2 Å². The van der Waals surface area contributed by atoms with Crippen LogP contribution in [-0.2, 0) is 0 Å². The first kappa shape index (κ1) is 15.3. The molecule has 0 aromatic rings. The van der Waals surface area contributed by atoms with Gasteiger partial charge in [-0.25, -0.2) is 0 Å². The Hall–Kier alpha value is -0.0800. The molecule has 0 aromatic carbocycles. The zero-order valence-electron chi connectivity index (χ0n) is 13.2. The number of hydrogen-bond acceptors (Lipinski definition) is 2. The van der Waals surface area contributed by atoms with Gasteiger partial charge in [-0.3, -0.25) is 0 Å². The molecule has 2 aliphatic rings. The van der Waals surface area contributed by atoms with Crippen LogP contribution >= 0.6 is 0 Å². The third-order valence-corrected chi connectivity index (χ3v) is 5.36. The number of nitrogens with zero attached hydrogens (tertiary/aromatic N) is 1. The number of likely N-dealkylation sites (tertiary alicyclic amines) is 1. The Bertz CT molecular complexity index is 233. The van der Waals surface area contributed by atoms with Crippen molar-refractivity contribution in [1.82, 2.24) is 10.2 Å². The molecule has 1 aliphatic heterocycles. The van der Waals surface area contributed by atoms with Gasteiger partial charge in [0.15, 0.2) is 0 Å². The highest BCUT2D eigenvalue weighted by molar-refractivity contribution is 4.84. The molecule has 2 fully saturated rings. The predicted molar refractivity (Wildman–Crippen MR) is 83.5 cm³/mol. The Morgan fingerprint density at radius 3 is 2.42 bits per heavy atom. The monoisotopic (exact) mass is 266 g/mol. The van der Waals surface area contributed by atoms with Gasteiger partial charge >= 0.3 is 0 Å². The van der Waals surface area contributed by atoms with Crippen LogP contribution in [0.5, 0.6) is 0 Å². The summed E-state index contributed by atoms with van der Waals surface area (Å²) < 4.78 is 0. The summed E-state index contributed by atoms with van der Waals surface area (Å²) in [6.07, 6.45) is 12.7. The Balaban J connectivity index is 1.71. The van der Waals surface area contributed by atoms with Crippen LogP contribution in [0, 0.1) is 5.92 Å². The zero-order chi connectivity index (χ0) is 13.5. The Kier molecular flexibility index (Phi) is 6.66. The quantitative estimate of drug-likeness (QED) is 0.814. The molecule has 19 heavy (non-hydrogen) atoms. The van der Waals surface area contributed by atoms with Gasteiger partial charge in [-0.15, -0.1) is 0 Å². The van der Waals surface area contributed by atoms with Crippen molar-refractivity contribution in [3.05, 3.63) is 0 Å². The maximum Gasteiger partial charge on any atom is 0.00964 e. The summed E-state index contributed by atoms with van der Waals surface area (Å²) in [7, 11) is 0. The van der Waals surface area contributed by atoms with Crippen LogP contribution in [0.2, 0.25) is 0 Å². The maximum absolute atomic E-state index is 3.70. The van der Waals surface area contributed by atoms with Crippen LogP contribution in [0.3, 0.4) is 0 Å². The van der Waals surface area contributed by atoms with Crippen molar-refractivity contribution < 1.29 is 0 Å². The van der Waals surface area contributed by atoms with E-state index in [2.05, 4.69) is 24.1 Å². The van der Waals surface area contributed by atoms with Gasteiger partial charge in [-0.1, -0.05) is 20.3 Å². The minimum Gasteiger partial charge on any atom is -0.314 e. The normalized spacial score (nSPS) is 34.1. The largest absolute Gasteiger partial charge is 0.314 e. The van der Waals surface area contributed by atoms with E-state index >= 15 is 0 Å². The summed E-state index contributed by atoms with van der Waals surface area (Å²) in [5.74, 6) is 1.01. The van der Waals surface area contributed by atoms with Crippen LogP contribution in [0.15, 0.2) is 0 Å². The van der Waals surface area contributed by atoms with Crippen molar-refractivity contribution in [3.63, 3.8) is 0 Å². The second-order valence-corrected chi connectivity index (χ2v) is 6.70. The molecule has 0 amide bonds. The minimum atomic E-state index is 0.812. The Morgan fingerprint density at radius 1 is 0.947 bits per heavy atom. The summed E-state index contributed by atoms with van der Waals surface area (Å²) in [4.78, 5) is 2.83. The predicted octanol–water partition coefficient (Wildman–Crippen LogP) is 3.81. The number of rotatable bonds is 5. The van der Waals surface area contributed by atoms with E-state index in [1.807, 2.05) is 0 Å². The van der Waals surface area contributed by atoms with Crippen molar-refractivity contribution in [2.75, 3.05) is 19.6 Å². The van der Waals surface area contributed by atoms with E-state index in [1.54, 1.807) is 0 Å². The molecular formula is C17H34N2. The molecule has 1 unspecified atom stereocenters. The maximum atomic E-state index is 3.70. The van der Waals surface area contributed by atoms with E-state index in [4.69, 9.17) is 0 Å². The van der Waals surface area contributed by atoms with Gasteiger partial charge in [0.25, 0.3) is 0 Å². The zero-order valence-corrected chi connectivity index (χ0v) is 13.2. The van der Waals surface area contributed by atoms with Crippen LogP contribution in [-0.4, -0.2) is 36.6 Å². The summed E-state index contributed by atoms with van der Waals surface area (Å²) in [6.45, 7) is 8.58. The smallest absolute Gasteiger partial charge is 0.00964 e. The molecule has 1 saturated carbocycles. The molecule has 1 aliphatic carbocycles. The summed E-state index contributed by atoms with van der Waals surface area (Å²) in [6, 6.07) is 1.71. The lowest BCUT2D eigenvalue weighted by Gasteiger charge is -2.36. The van der Waals surface area contributed by atoms with Gasteiger partial charge in [-0.05, 0) is 76.9 Å². The topological polar surface area (TPSA) is 15.3 Å². The lowest BCUT2D eigenvalue weighted by atomic mass is 9.90. The average Bonchev–Trinajstić information content (AvgIpc) is 2.71. The van der Waals surface area contributed by atoms with Crippen molar-refractivity contribution in [1.29, 1.82) is 0 Å². The van der Waals surface area contributed by atoms with Gasteiger partial charge in [0.1, 0.15) is 0 Å². The molecule has 1 saturated heterocycles. The molecular weight excluding hydrogens is 232 g/mol. The Labute approximate surface area is 120 Å². The fraction of sp³-hybridized carbons (Fsp3) is 1.00. The average molecular weight is 266 g/mol. The molecule has 0 radical (unpaired) electrons. The molecule has 0 bridgehead atoms. The summed E-state index contributed by atoms with van der Waals surface area (Å²) in [5, 5.41) is 3.70. The van der Waals surface area contributed by atoms with Crippen molar-refractivity contribution >= 4 is 0 Å². The lowest BCUT2D eigenvalue weighted by molar-refractivity contribution is 0.146. The number of hydrogen-bond donors (Lipinski definition) is 1. The minimum absolute atomic E-state index is 0.812. The molecule has 1 atom stereocenters. The van der Waals surface area contributed by atoms with Gasteiger partial charge in [0.2, 0.25) is 0 Å². The SMILES string of the molecule is CCCNC1CCC(N2CCCC(CC)CC2)CC1. The van der Waals surface area contributed by atoms with E-state index in [9.17, 15) is 0 Å². The van der Waals surface area contributed by atoms with Crippen molar-refractivity contribution in [2.45, 2.75) is 83.7 Å². The molecule has 2 rings (SSSR count). The second-order valence-electron chi connectivity index (χ2n) is 6.70. The number of nitrogens with one attached hydrogen (secondary N) is 1. The van der Waals surface area contributed by atoms with Crippen LogP contribution in [0.25, 0.3) is 0 Å². The van der Waals surface area contributed by atoms with Gasteiger partial charge in [0, 0.05) is 12.1 Å². The highest BCUT2D eigenvalue weighted by atomic mass is 15.2. The molecule has 1 heterocycles. The van der Waals surface area contributed by atoms with E-state index in [0.717, 1.165) is 18.0 Å². The van der Waals surface area contributed by atoms with Gasteiger partial charge in [0.05, 0.1) is 0 Å². The first-order valence-corrected chi connectivity index (χ1v) is 8.80. The van der Waals surface area contributed by atoms with E-state index in [0.29, 0.717) is 0 Å². The van der Waals surface area contributed by atoms with Gasteiger partial charge in [-0.2, -0.15) is 0 Å². The van der Waals surface area contributed by atoms with Crippen molar-refractivity contribution in [2.24, 2.45) is 5.92 Å². The first-order chi connectivity index (χ1) is 9.33. The van der Waals surface area contributed by atoms with Crippen molar-refractivity contribution in [3.8, 4) is 0 Å². The standard InChI is InChI=1S/C17H34N2/c1-3-12-18-16-7-9-17(10-8-16)19-13-5-6-15(4-2)11-14-19/h15-18H,3-14H2,1-2H3. The third-order valence-electron chi connectivity index (χ3n) is 5.36. The summed E-state index contributed by atoms with van der Waals surface area (Å²) >= 11 is 0. The van der Waals surface area contributed by atoms with Crippen LogP contribution in [0.4, 0.5) is 0 Å². The van der Waals surface area contributed by atoms with E-state index < -0.39 is 0 Å². The Morgan fingerprint density at radius 2 is 1.74 bits per heavy atom. The molecule has 1 N–H and O–H groups in total. The fourth-order valence-electron chi connectivity index (χ4n) is 3.95. The second kappa shape index (κ2) is 8.26. The van der Waals surface area contributed by atoms with E-state index in [-0.39, 0.29) is 0 Å². The highest BCUT2D eigenvalue weighted by Crippen LogP contribution is 2.27. The molecule has 112 valence electrons. The summed E-state index contributed by atoms with van der Waals surface area (Å²) in [5.41, 5.74) is 0. The molecule has 2 nitrogen and oxygen atoms in total. The molecule has 0 spiro atoms. The lowest BCUT2D eigenvalue weighted by Crippen LogP contribution is -2.43. The fourth-order valence-corrected chi connectivity index (χ4v) is 3.95. The highest BCUT2D eigenvalue weighted by Gasteiger charge is 2.27. The van der Waals surface area contributed by atoms with Crippen LogP contribution < -0.4 is 5.32 Å². The van der Waals surface area contributed by atoms with E-state index in [1.165, 1.54) is 77.4 Å². The molecule has 0 aromatic heterocycles.